The summed E-state index contributed by atoms with van der Waals surface area (Å²) in [7, 11) is -3.17. The zero-order valence-electron chi connectivity index (χ0n) is 23.4. The number of aromatic nitrogens is 3. The maximum atomic E-state index is 12.9. The maximum absolute atomic E-state index is 12.9. The minimum atomic E-state index is -3.17. The van der Waals surface area contributed by atoms with Gasteiger partial charge in [-0.05, 0) is 43.3 Å². The summed E-state index contributed by atoms with van der Waals surface area (Å²) in [5.41, 5.74) is 2.24. The molecule has 0 unspecified atom stereocenters. The molecule has 2 aliphatic rings. The van der Waals surface area contributed by atoms with E-state index in [0.29, 0.717) is 64.0 Å². The first-order valence-electron chi connectivity index (χ1n) is 13.7. The van der Waals surface area contributed by atoms with Crippen molar-refractivity contribution in [1.29, 1.82) is 0 Å². The maximum Gasteiger partial charge on any atom is 0.252 e. The molecule has 0 saturated carbocycles. The number of rotatable bonds is 8. The van der Waals surface area contributed by atoms with E-state index in [4.69, 9.17) is 0 Å². The first kappa shape index (κ1) is 28.7. The Balaban J connectivity index is 1.25. The van der Waals surface area contributed by atoms with Crippen molar-refractivity contribution in [3.8, 4) is 0 Å². The number of sulfonamides is 1. The van der Waals surface area contributed by atoms with Gasteiger partial charge < -0.3 is 15.1 Å². The van der Waals surface area contributed by atoms with Crippen LogP contribution in [0.3, 0.4) is 0 Å². The lowest BCUT2D eigenvalue weighted by Gasteiger charge is -2.39. The van der Waals surface area contributed by atoms with E-state index in [1.54, 1.807) is 21.7 Å². The van der Waals surface area contributed by atoms with E-state index in [9.17, 15) is 18.0 Å². The van der Waals surface area contributed by atoms with Gasteiger partial charge in [-0.15, -0.1) is 0 Å². The van der Waals surface area contributed by atoms with Crippen LogP contribution >= 0.6 is 0 Å². The van der Waals surface area contributed by atoms with E-state index in [-0.39, 0.29) is 17.5 Å². The number of fused-ring (bicyclic) bond motifs is 1. The zero-order valence-corrected chi connectivity index (χ0v) is 24.3. The predicted molar refractivity (Wildman–Crippen MR) is 160 cm³/mol. The first-order chi connectivity index (χ1) is 19.6. The third-order valence-electron chi connectivity index (χ3n) is 7.78. The summed E-state index contributed by atoms with van der Waals surface area (Å²) >= 11 is 0. The number of nitrogens with zero attached hydrogens (tertiary/aromatic N) is 7. The van der Waals surface area contributed by atoms with Gasteiger partial charge in [-0.25, -0.2) is 13.4 Å². The van der Waals surface area contributed by atoms with Crippen LogP contribution in [-0.4, -0.2) is 108 Å². The zero-order chi connectivity index (χ0) is 29.1. The molecule has 2 fully saturated rings. The molecule has 5 rings (SSSR count). The standard InChI is InChI=1S/C28H36N8O4S/c1-4-25(37)34-12-11-32(21(2)20-34)15-18-36-26(38)10-5-22-19-29-28(31-27(22)36)30-23-6-8-24(9-7-23)33-13-16-35(17-14-33)41(3,39)40/h4-10,19,21H,1,11-18,20H2,2-3H3,(H,29,30,31)/t21-/m0/s1. The molecule has 2 aromatic heterocycles. The van der Waals surface area contributed by atoms with Gasteiger partial charge in [0.15, 0.2) is 0 Å². The first-order valence-corrected chi connectivity index (χ1v) is 15.6. The summed E-state index contributed by atoms with van der Waals surface area (Å²) in [6.45, 7) is 11.0. The summed E-state index contributed by atoms with van der Waals surface area (Å²) in [6.07, 6.45) is 4.30. The van der Waals surface area contributed by atoms with Gasteiger partial charge in [0.1, 0.15) is 5.65 Å². The lowest BCUT2D eigenvalue weighted by atomic mass is 10.2. The molecule has 12 nitrogen and oxygen atoms in total. The van der Waals surface area contributed by atoms with Crippen molar-refractivity contribution in [3.63, 3.8) is 0 Å². The highest BCUT2D eigenvalue weighted by Crippen LogP contribution is 2.22. The number of pyridine rings is 1. The number of amides is 1. The van der Waals surface area contributed by atoms with E-state index in [2.05, 4.69) is 38.6 Å². The van der Waals surface area contributed by atoms with Gasteiger partial charge in [-0.3, -0.25) is 19.1 Å². The molecule has 4 heterocycles. The largest absolute Gasteiger partial charge is 0.369 e. The number of benzene rings is 1. The van der Waals surface area contributed by atoms with Gasteiger partial charge in [0.25, 0.3) is 5.56 Å². The summed E-state index contributed by atoms with van der Waals surface area (Å²) in [6, 6.07) is 11.3. The molecule has 1 N–H and O–H groups in total. The Morgan fingerprint density at radius 1 is 1.05 bits per heavy atom. The van der Waals surface area contributed by atoms with Crippen LogP contribution in [-0.2, 0) is 21.4 Å². The number of carbonyl (C=O) groups excluding carboxylic acids is 1. The van der Waals surface area contributed by atoms with E-state index in [1.165, 1.54) is 22.7 Å². The number of hydrogen-bond donors (Lipinski definition) is 1. The van der Waals surface area contributed by atoms with Crippen LogP contribution in [0.25, 0.3) is 11.0 Å². The van der Waals surface area contributed by atoms with Gasteiger partial charge in [-0.1, -0.05) is 6.58 Å². The van der Waals surface area contributed by atoms with Crippen molar-refractivity contribution in [2.24, 2.45) is 0 Å². The molecule has 1 aromatic carbocycles. The van der Waals surface area contributed by atoms with Crippen molar-refractivity contribution in [1.82, 2.24) is 28.6 Å². The van der Waals surface area contributed by atoms with Gasteiger partial charge in [0.05, 0.1) is 6.26 Å². The van der Waals surface area contributed by atoms with Crippen LogP contribution in [0, 0.1) is 0 Å². The van der Waals surface area contributed by atoms with Gasteiger partial charge in [-0.2, -0.15) is 9.29 Å². The Labute approximate surface area is 239 Å². The number of nitrogens with one attached hydrogen (secondary N) is 1. The molecule has 0 bridgehead atoms. The summed E-state index contributed by atoms with van der Waals surface area (Å²) in [5, 5.41) is 4.01. The van der Waals surface area contributed by atoms with E-state index < -0.39 is 10.0 Å². The van der Waals surface area contributed by atoms with Gasteiger partial charge in [0.2, 0.25) is 21.9 Å². The highest BCUT2D eigenvalue weighted by Gasteiger charge is 2.26. The van der Waals surface area contributed by atoms with Crippen LogP contribution in [0.2, 0.25) is 0 Å². The van der Waals surface area contributed by atoms with E-state index in [1.807, 2.05) is 24.3 Å². The molecule has 13 heteroatoms. The van der Waals surface area contributed by atoms with Gasteiger partial charge in [0, 0.05) is 94.0 Å². The Hall–Kier alpha value is -3.81. The highest BCUT2D eigenvalue weighted by atomic mass is 32.2. The predicted octanol–water partition coefficient (Wildman–Crippen LogP) is 1.34. The van der Waals surface area contributed by atoms with Crippen LogP contribution in [0.4, 0.5) is 17.3 Å². The van der Waals surface area contributed by atoms with Gasteiger partial charge >= 0.3 is 0 Å². The molecule has 3 aromatic rings. The molecule has 2 aliphatic heterocycles. The van der Waals surface area contributed by atoms with Crippen LogP contribution in [0.5, 0.6) is 0 Å². The van der Waals surface area contributed by atoms with E-state index >= 15 is 0 Å². The lowest BCUT2D eigenvalue weighted by Crippen LogP contribution is -2.54. The Kier molecular flexibility index (Phi) is 8.38. The summed E-state index contributed by atoms with van der Waals surface area (Å²) < 4.78 is 26.7. The second-order valence-corrected chi connectivity index (χ2v) is 12.5. The lowest BCUT2D eigenvalue weighted by molar-refractivity contribution is -0.128. The third kappa shape index (κ3) is 6.58. The molecular formula is C28H36N8O4S. The van der Waals surface area contributed by atoms with E-state index in [0.717, 1.165) is 23.3 Å². The monoisotopic (exact) mass is 580 g/mol. The van der Waals surface area contributed by atoms with Crippen molar-refractivity contribution >= 4 is 44.3 Å². The topological polar surface area (TPSA) is 124 Å². The minimum absolute atomic E-state index is 0.0550. The number of carbonyl (C=O) groups is 1. The molecule has 2 saturated heterocycles. The Morgan fingerprint density at radius 3 is 2.44 bits per heavy atom. The Morgan fingerprint density at radius 2 is 1.78 bits per heavy atom. The minimum Gasteiger partial charge on any atom is -0.369 e. The molecular weight excluding hydrogens is 544 g/mol. The fourth-order valence-corrected chi connectivity index (χ4v) is 6.22. The van der Waals surface area contributed by atoms with Crippen molar-refractivity contribution in [2.45, 2.75) is 19.5 Å². The Bertz CT molecular complexity index is 1580. The SMILES string of the molecule is C=CC(=O)N1CCN(CCn2c(=O)ccc3cnc(Nc4ccc(N5CCN(S(C)(=O)=O)CC5)cc4)nc32)[C@@H](C)C1. The number of piperazine rings is 2. The average molecular weight is 581 g/mol. The molecule has 1 atom stereocenters. The van der Waals surface area contributed by atoms with Crippen LogP contribution < -0.4 is 15.8 Å². The number of hydrogen-bond acceptors (Lipinski definition) is 9. The smallest absolute Gasteiger partial charge is 0.252 e. The molecule has 41 heavy (non-hydrogen) atoms. The second-order valence-electron chi connectivity index (χ2n) is 10.5. The quantitative estimate of drug-likeness (QED) is 0.393. The van der Waals surface area contributed by atoms with Crippen LogP contribution in [0.15, 0.2) is 60.0 Å². The molecule has 218 valence electrons. The van der Waals surface area contributed by atoms with Crippen molar-refractivity contribution < 1.29 is 13.2 Å². The second kappa shape index (κ2) is 12.0. The molecule has 0 radical (unpaired) electrons. The van der Waals surface area contributed by atoms with Crippen molar-refractivity contribution in [3.05, 3.63) is 65.6 Å². The molecule has 0 aliphatic carbocycles. The fourth-order valence-electron chi connectivity index (χ4n) is 5.40. The normalized spacial score (nSPS) is 18.9. The summed E-state index contributed by atoms with van der Waals surface area (Å²) in [5.74, 6) is 0.330. The van der Waals surface area contributed by atoms with Crippen LogP contribution in [0.1, 0.15) is 6.92 Å². The summed E-state index contributed by atoms with van der Waals surface area (Å²) in [4.78, 5) is 40.2. The molecule has 0 spiro atoms. The average Bonchev–Trinajstić information content (AvgIpc) is 2.97. The third-order valence-corrected chi connectivity index (χ3v) is 9.08. The fraction of sp³-hybridized carbons (Fsp3) is 0.429. The highest BCUT2D eigenvalue weighted by molar-refractivity contribution is 7.88. The molecule has 1 amide bonds. The van der Waals surface area contributed by atoms with Crippen molar-refractivity contribution in [2.75, 3.05) is 68.8 Å². The number of anilines is 3.